The van der Waals surface area contributed by atoms with E-state index in [4.69, 9.17) is 0 Å². The van der Waals surface area contributed by atoms with E-state index in [2.05, 4.69) is 24.5 Å². The summed E-state index contributed by atoms with van der Waals surface area (Å²) in [6.45, 7) is 4.07. The number of nitrogens with zero attached hydrogens (tertiary/aromatic N) is 1. The number of hydrogen-bond donors (Lipinski definition) is 1. The van der Waals surface area contributed by atoms with E-state index in [0.717, 1.165) is 12.1 Å². The van der Waals surface area contributed by atoms with Gasteiger partial charge in [0.2, 0.25) is 0 Å². The van der Waals surface area contributed by atoms with E-state index in [1.807, 2.05) is 6.92 Å². The highest BCUT2D eigenvalue weighted by molar-refractivity contribution is 7.83. The molecule has 46 valence electrons. The van der Waals surface area contributed by atoms with Gasteiger partial charge < -0.3 is 0 Å². The quantitative estimate of drug-likeness (QED) is 0.434. The summed E-state index contributed by atoms with van der Waals surface area (Å²) in [6.07, 6.45) is 2.69. The Labute approximate surface area is 55.9 Å². The van der Waals surface area contributed by atoms with E-state index in [9.17, 15) is 0 Å². The van der Waals surface area contributed by atoms with Gasteiger partial charge in [0, 0.05) is 11.9 Å². The maximum atomic E-state index is 4.02. The van der Waals surface area contributed by atoms with Gasteiger partial charge in [0.05, 0.1) is 0 Å². The van der Waals surface area contributed by atoms with Crippen LogP contribution in [-0.4, -0.2) is 5.71 Å². The molecule has 0 heterocycles. The average molecular weight is 129 g/mol. The zero-order chi connectivity index (χ0) is 6.41. The van der Waals surface area contributed by atoms with E-state index < -0.39 is 0 Å². The first-order valence-electron chi connectivity index (χ1n) is 2.63. The second-order valence-electron chi connectivity index (χ2n) is 1.52. The minimum atomic E-state index is 1.01. The normalized spacial score (nSPS) is 13.1. The van der Waals surface area contributed by atoms with E-state index in [1.165, 1.54) is 0 Å². The molecular formula is C6H11NS. The van der Waals surface area contributed by atoms with Crippen LogP contribution in [0.4, 0.5) is 0 Å². The molecule has 0 saturated heterocycles. The van der Waals surface area contributed by atoms with Crippen molar-refractivity contribution in [3.8, 4) is 0 Å². The Bertz CT molecular complexity index is 105. The molecule has 8 heavy (non-hydrogen) atoms. The highest BCUT2D eigenvalue weighted by atomic mass is 32.1. The summed E-state index contributed by atoms with van der Waals surface area (Å²) in [5, 5.41) is 1.62. The van der Waals surface area contributed by atoms with E-state index in [1.54, 1.807) is 11.6 Å². The summed E-state index contributed by atoms with van der Waals surface area (Å²) in [7, 11) is 0. The summed E-state index contributed by atoms with van der Waals surface area (Å²) in [5.74, 6) is 0. The fourth-order valence-electron chi connectivity index (χ4n) is 0.252. The fourth-order valence-corrected chi connectivity index (χ4v) is 0.319. The van der Waals surface area contributed by atoms with E-state index in [0.29, 0.717) is 0 Å². The van der Waals surface area contributed by atoms with E-state index >= 15 is 0 Å². The second kappa shape index (κ2) is 4.91. The van der Waals surface area contributed by atoms with Gasteiger partial charge >= 0.3 is 0 Å². The summed E-state index contributed by atoms with van der Waals surface area (Å²) >= 11 is 3.85. The van der Waals surface area contributed by atoms with Crippen LogP contribution in [0.25, 0.3) is 0 Å². The molecule has 0 aliphatic heterocycles. The molecule has 0 aromatic carbocycles. The standard InChI is InChI=1S/C6H11NS/c1-3-6(2)7-4-5-8/h4-5,8H,3H2,1-2H3/b5-4-,7-6+. The van der Waals surface area contributed by atoms with Crippen molar-refractivity contribution in [2.24, 2.45) is 4.99 Å². The summed E-state index contributed by atoms with van der Waals surface area (Å²) in [4.78, 5) is 4.02. The molecule has 0 amide bonds. The van der Waals surface area contributed by atoms with Crippen molar-refractivity contribution in [2.75, 3.05) is 0 Å². The Morgan fingerprint density at radius 1 is 1.75 bits per heavy atom. The molecule has 0 atom stereocenters. The molecule has 0 spiro atoms. The van der Waals surface area contributed by atoms with Gasteiger partial charge in [-0.25, -0.2) is 0 Å². The first-order chi connectivity index (χ1) is 3.81. The third-order valence-corrected chi connectivity index (χ3v) is 1.01. The number of thiol groups is 1. The molecule has 2 heteroatoms. The Hall–Kier alpha value is -0.240. The lowest BCUT2D eigenvalue weighted by molar-refractivity contribution is 1.25. The monoisotopic (exact) mass is 129 g/mol. The van der Waals surface area contributed by atoms with E-state index in [-0.39, 0.29) is 0 Å². The molecule has 0 unspecified atom stereocenters. The second-order valence-corrected chi connectivity index (χ2v) is 1.81. The van der Waals surface area contributed by atoms with Crippen molar-refractivity contribution in [2.45, 2.75) is 20.3 Å². The van der Waals surface area contributed by atoms with Crippen LogP contribution in [0.1, 0.15) is 20.3 Å². The van der Waals surface area contributed by atoms with Gasteiger partial charge in [0.25, 0.3) is 0 Å². The largest absolute Gasteiger partial charge is 0.265 e. The molecule has 0 aromatic heterocycles. The number of aliphatic imine (C=N–C) groups is 1. The third kappa shape index (κ3) is 3.93. The topological polar surface area (TPSA) is 12.4 Å². The number of hydrogen-bond acceptors (Lipinski definition) is 2. The van der Waals surface area contributed by atoms with Crippen LogP contribution in [0, 0.1) is 0 Å². The minimum absolute atomic E-state index is 1.01. The summed E-state index contributed by atoms with van der Waals surface area (Å²) in [5.41, 5.74) is 1.13. The van der Waals surface area contributed by atoms with Crippen molar-refractivity contribution >= 4 is 18.3 Å². The van der Waals surface area contributed by atoms with Crippen molar-refractivity contribution in [3.05, 3.63) is 11.6 Å². The van der Waals surface area contributed by atoms with Crippen molar-refractivity contribution in [1.82, 2.24) is 0 Å². The molecule has 0 aliphatic rings. The van der Waals surface area contributed by atoms with Gasteiger partial charge in [-0.15, -0.1) is 12.6 Å². The van der Waals surface area contributed by atoms with Crippen LogP contribution in [0.3, 0.4) is 0 Å². The summed E-state index contributed by atoms with van der Waals surface area (Å²) in [6, 6.07) is 0. The van der Waals surface area contributed by atoms with Crippen molar-refractivity contribution < 1.29 is 0 Å². The molecule has 0 bridgehead atoms. The number of rotatable bonds is 2. The SMILES string of the molecule is CC/C(C)=N/C=C\S. The molecule has 1 nitrogen and oxygen atoms in total. The van der Waals surface area contributed by atoms with Crippen molar-refractivity contribution in [1.29, 1.82) is 0 Å². The van der Waals surface area contributed by atoms with Crippen LogP contribution in [-0.2, 0) is 0 Å². The molecule has 0 N–H and O–H groups in total. The molecule has 0 rings (SSSR count). The van der Waals surface area contributed by atoms with Crippen LogP contribution >= 0.6 is 12.6 Å². The van der Waals surface area contributed by atoms with Gasteiger partial charge in [0.15, 0.2) is 0 Å². The Morgan fingerprint density at radius 3 is 2.75 bits per heavy atom. The lowest BCUT2D eigenvalue weighted by Crippen LogP contribution is -1.82. The highest BCUT2D eigenvalue weighted by Crippen LogP contribution is 1.85. The fraction of sp³-hybridized carbons (Fsp3) is 0.500. The molecule has 0 fully saturated rings. The van der Waals surface area contributed by atoms with Gasteiger partial charge in [-0.2, -0.15) is 0 Å². The molecule has 0 aromatic rings. The Balaban J connectivity index is 3.57. The van der Waals surface area contributed by atoms with Crippen LogP contribution in [0.5, 0.6) is 0 Å². The van der Waals surface area contributed by atoms with Crippen LogP contribution < -0.4 is 0 Å². The maximum absolute atomic E-state index is 4.02. The zero-order valence-electron chi connectivity index (χ0n) is 5.26. The third-order valence-electron chi connectivity index (χ3n) is 0.873. The lowest BCUT2D eigenvalue weighted by Gasteiger charge is -1.85. The Kier molecular flexibility index (Phi) is 4.76. The average Bonchev–Trinajstić information content (AvgIpc) is 1.83. The summed E-state index contributed by atoms with van der Waals surface area (Å²) < 4.78 is 0. The first kappa shape index (κ1) is 7.76. The highest BCUT2D eigenvalue weighted by Gasteiger charge is 1.77. The lowest BCUT2D eigenvalue weighted by atomic mass is 10.3. The smallest absolute Gasteiger partial charge is 0.0327 e. The minimum Gasteiger partial charge on any atom is -0.265 e. The Morgan fingerprint density at radius 2 is 2.38 bits per heavy atom. The molecular weight excluding hydrogens is 118 g/mol. The van der Waals surface area contributed by atoms with Gasteiger partial charge in [-0.1, -0.05) is 6.92 Å². The van der Waals surface area contributed by atoms with Crippen LogP contribution in [0.2, 0.25) is 0 Å². The maximum Gasteiger partial charge on any atom is 0.0327 e. The predicted octanol–water partition coefficient (Wildman–Crippen LogP) is 2.26. The predicted molar refractivity (Wildman–Crippen MR) is 41.5 cm³/mol. The van der Waals surface area contributed by atoms with Crippen LogP contribution in [0.15, 0.2) is 16.6 Å². The van der Waals surface area contributed by atoms with Crippen molar-refractivity contribution in [3.63, 3.8) is 0 Å². The molecule has 0 saturated carbocycles. The molecule has 0 aliphatic carbocycles. The van der Waals surface area contributed by atoms with Gasteiger partial charge in [-0.05, 0) is 18.8 Å². The van der Waals surface area contributed by atoms with Gasteiger partial charge in [0.1, 0.15) is 0 Å². The zero-order valence-corrected chi connectivity index (χ0v) is 6.15. The molecule has 0 radical (unpaired) electrons. The van der Waals surface area contributed by atoms with Gasteiger partial charge in [-0.3, -0.25) is 4.99 Å². The first-order valence-corrected chi connectivity index (χ1v) is 3.15.